The van der Waals surface area contributed by atoms with E-state index in [2.05, 4.69) is 15.0 Å². The Labute approximate surface area is 220 Å². The molecule has 0 fully saturated rings. The number of anilines is 2. The summed E-state index contributed by atoms with van der Waals surface area (Å²) in [6, 6.07) is 12.8. The van der Waals surface area contributed by atoms with Gasteiger partial charge in [-0.25, -0.2) is 8.42 Å². The zero-order valence-electron chi connectivity index (χ0n) is 20.8. The van der Waals surface area contributed by atoms with Crippen molar-refractivity contribution >= 4 is 50.7 Å². The second kappa shape index (κ2) is 10.3. The maximum atomic E-state index is 13.0. The highest BCUT2D eigenvalue weighted by molar-refractivity contribution is 7.92. The van der Waals surface area contributed by atoms with Crippen LogP contribution in [0, 0.1) is 0 Å². The molecule has 0 unspecified atom stereocenters. The molecule has 2 heterocycles. The van der Waals surface area contributed by atoms with Crippen LogP contribution in [0.2, 0.25) is 0 Å². The maximum Gasteiger partial charge on any atom is 0.306 e. The average Bonchev–Trinajstić information content (AvgIpc) is 3.40. The van der Waals surface area contributed by atoms with Crippen LogP contribution in [0.15, 0.2) is 53.4 Å². The largest absolute Gasteiger partial charge is 0.466 e. The van der Waals surface area contributed by atoms with Gasteiger partial charge in [0, 0.05) is 46.7 Å². The fourth-order valence-electron chi connectivity index (χ4n) is 4.89. The van der Waals surface area contributed by atoms with Gasteiger partial charge in [0.05, 0.1) is 17.1 Å². The van der Waals surface area contributed by atoms with Crippen molar-refractivity contribution in [2.45, 2.75) is 43.9 Å². The fraction of sp³-hybridized carbons (Fsp3) is 0.250. The number of ketones is 1. The van der Waals surface area contributed by atoms with E-state index in [1.165, 1.54) is 12.1 Å². The van der Waals surface area contributed by atoms with Crippen LogP contribution in [0.3, 0.4) is 0 Å². The lowest BCUT2D eigenvalue weighted by Crippen LogP contribution is -2.12. The monoisotopic (exact) mass is 533 g/mol. The highest BCUT2D eigenvalue weighted by Gasteiger charge is 2.29. The van der Waals surface area contributed by atoms with E-state index in [1.807, 2.05) is 0 Å². The summed E-state index contributed by atoms with van der Waals surface area (Å²) < 4.78 is 33.3. The zero-order chi connectivity index (χ0) is 26.9. The van der Waals surface area contributed by atoms with Gasteiger partial charge in [0.2, 0.25) is 0 Å². The van der Waals surface area contributed by atoms with Gasteiger partial charge in [0.1, 0.15) is 0 Å². The number of Topliss-reactive ketones (excluding diaryl/α,β-unsaturated/α-hetero) is 1. The van der Waals surface area contributed by atoms with Crippen LogP contribution in [0.5, 0.6) is 0 Å². The number of fused-ring (bicyclic) bond motifs is 2. The molecule has 1 aromatic heterocycles. The summed E-state index contributed by atoms with van der Waals surface area (Å²) in [5, 5.41) is 2.81. The molecule has 38 heavy (non-hydrogen) atoms. The fourth-order valence-corrected chi connectivity index (χ4v) is 5.96. The minimum Gasteiger partial charge on any atom is -0.466 e. The van der Waals surface area contributed by atoms with Crippen LogP contribution in [0.4, 0.5) is 11.4 Å². The minimum absolute atomic E-state index is 0.0138. The Morgan fingerprint density at radius 3 is 2.66 bits per heavy atom. The predicted octanol–water partition coefficient (Wildman–Crippen LogP) is 4.32. The van der Waals surface area contributed by atoms with E-state index in [4.69, 9.17) is 4.74 Å². The van der Waals surface area contributed by atoms with Crippen molar-refractivity contribution in [1.29, 1.82) is 0 Å². The van der Waals surface area contributed by atoms with Gasteiger partial charge < -0.3 is 15.0 Å². The number of ether oxygens (including phenoxy) is 1. The minimum atomic E-state index is -3.82. The van der Waals surface area contributed by atoms with Crippen LogP contribution in [-0.4, -0.2) is 37.7 Å². The quantitative estimate of drug-likeness (QED) is 0.292. The molecule has 10 heteroatoms. The molecule has 5 rings (SSSR count). The van der Waals surface area contributed by atoms with Crippen molar-refractivity contribution in [3.8, 4) is 0 Å². The molecule has 1 amide bonds. The zero-order valence-corrected chi connectivity index (χ0v) is 21.6. The molecule has 9 nitrogen and oxygen atoms in total. The number of rotatable bonds is 8. The predicted molar refractivity (Wildman–Crippen MR) is 143 cm³/mol. The van der Waals surface area contributed by atoms with Crippen molar-refractivity contribution < 1.29 is 27.5 Å². The van der Waals surface area contributed by atoms with Crippen molar-refractivity contribution in [3.63, 3.8) is 0 Å². The SMILES string of the molecule is CCOC(=O)CCc1c(/C=C2\C(=O)Nc3ccc(NS(=O)(=O)c4ccccc4)cc32)[nH]c2c1C(=O)CCC2. The van der Waals surface area contributed by atoms with Crippen LogP contribution < -0.4 is 10.0 Å². The number of sulfonamides is 1. The number of hydrogen-bond acceptors (Lipinski definition) is 6. The number of carbonyl (C=O) groups excluding carboxylic acids is 3. The van der Waals surface area contributed by atoms with Crippen LogP contribution >= 0.6 is 0 Å². The number of aryl methyl sites for hydroxylation is 1. The van der Waals surface area contributed by atoms with Crippen LogP contribution in [0.25, 0.3) is 11.6 Å². The molecule has 2 aliphatic rings. The molecule has 3 aromatic rings. The number of carbonyl (C=O) groups is 3. The molecule has 0 spiro atoms. The van der Waals surface area contributed by atoms with Gasteiger partial charge in [-0.3, -0.25) is 19.1 Å². The molecule has 1 aliphatic carbocycles. The Balaban J connectivity index is 1.51. The Hall–Kier alpha value is -4.18. The molecule has 3 N–H and O–H groups in total. The highest BCUT2D eigenvalue weighted by Crippen LogP contribution is 2.37. The van der Waals surface area contributed by atoms with Crippen molar-refractivity contribution in [2.75, 3.05) is 16.6 Å². The molecule has 196 valence electrons. The molecule has 0 bridgehead atoms. The van der Waals surface area contributed by atoms with Gasteiger partial charge in [-0.05, 0) is 68.2 Å². The van der Waals surface area contributed by atoms with Gasteiger partial charge >= 0.3 is 5.97 Å². The Morgan fingerprint density at radius 1 is 1.11 bits per heavy atom. The molecule has 1 aliphatic heterocycles. The summed E-state index contributed by atoms with van der Waals surface area (Å²) in [6.07, 6.45) is 3.93. The molecular formula is C28H27N3O6S. The van der Waals surface area contributed by atoms with Crippen LogP contribution in [0.1, 0.15) is 59.1 Å². The third-order valence-corrected chi connectivity index (χ3v) is 8.00. The molecular weight excluding hydrogens is 506 g/mol. The second-order valence-electron chi connectivity index (χ2n) is 9.14. The van der Waals surface area contributed by atoms with E-state index >= 15 is 0 Å². The molecule has 2 aromatic carbocycles. The van der Waals surface area contributed by atoms with Crippen LogP contribution in [-0.2, 0) is 37.2 Å². The summed E-state index contributed by atoms with van der Waals surface area (Å²) >= 11 is 0. The number of aromatic nitrogens is 1. The first-order valence-electron chi connectivity index (χ1n) is 12.4. The number of esters is 1. The number of benzene rings is 2. The Morgan fingerprint density at radius 2 is 1.89 bits per heavy atom. The Kier molecular flexibility index (Phi) is 6.90. The Bertz CT molecular complexity index is 1570. The number of amides is 1. The molecule has 0 atom stereocenters. The van der Waals surface area contributed by atoms with Gasteiger partial charge in [-0.2, -0.15) is 0 Å². The third-order valence-electron chi connectivity index (χ3n) is 6.61. The summed E-state index contributed by atoms with van der Waals surface area (Å²) in [7, 11) is -3.82. The maximum absolute atomic E-state index is 13.0. The van der Waals surface area contributed by atoms with E-state index < -0.39 is 10.0 Å². The second-order valence-corrected chi connectivity index (χ2v) is 10.8. The lowest BCUT2D eigenvalue weighted by atomic mass is 9.91. The van der Waals surface area contributed by atoms with Crippen molar-refractivity contribution in [2.24, 2.45) is 0 Å². The van der Waals surface area contributed by atoms with Crippen molar-refractivity contribution in [1.82, 2.24) is 4.98 Å². The summed E-state index contributed by atoms with van der Waals surface area (Å²) in [4.78, 5) is 41.2. The molecule has 0 saturated carbocycles. The topological polar surface area (TPSA) is 134 Å². The van der Waals surface area contributed by atoms with E-state index in [9.17, 15) is 22.8 Å². The third kappa shape index (κ3) is 4.99. The van der Waals surface area contributed by atoms with Gasteiger partial charge in [-0.1, -0.05) is 18.2 Å². The number of nitrogens with one attached hydrogen (secondary N) is 3. The smallest absolute Gasteiger partial charge is 0.306 e. The van der Waals surface area contributed by atoms with Gasteiger partial charge in [-0.15, -0.1) is 0 Å². The summed E-state index contributed by atoms with van der Waals surface area (Å²) in [5.74, 6) is -0.693. The lowest BCUT2D eigenvalue weighted by Gasteiger charge is -2.11. The van der Waals surface area contributed by atoms with Crippen molar-refractivity contribution in [3.05, 3.63) is 76.6 Å². The number of hydrogen-bond donors (Lipinski definition) is 3. The van der Waals surface area contributed by atoms with Gasteiger partial charge in [0.25, 0.3) is 15.9 Å². The summed E-state index contributed by atoms with van der Waals surface area (Å²) in [5.41, 5.74) is 4.37. The highest BCUT2D eigenvalue weighted by atomic mass is 32.2. The standard InChI is InChI=1S/C28H27N3O6S/c1-2-37-26(33)14-12-19-24(29-23-9-6-10-25(32)27(19)23)16-21-20-15-17(11-13-22(20)30-28(21)34)31-38(35,36)18-7-4-3-5-8-18/h3-5,7-8,11,13,15-16,29,31H,2,6,9-10,12,14H2,1H3,(H,30,34)/b21-16-. The first-order chi connectivity index (χ1) is 18.3. The number of H-pyrrole nitrogens is 1. The first kappa shape index (κ1) is 25.5. The molecule has 0 saturated heterocycles. The molecule has 0 radical (unpaired) electrons. The van der Waals surface area contributed by atoms with E-state index in [0.29, 0.717) is 58.6 Å². The normalized spacial score (nSPS) is 15.7. The first-order valence-corrected chi connectivity index (χ1v) is 13.9. The average molecular weight is 534 g/mol. The summed E-state index contributed by atoms with van der Waals surface area (Å²) in [6.45, 7) is 2.01. The number of aromatic amines is 1. The van der Waals surface area contributed by atoms with Gasteiger partial charge in [0.15, 0.2) is 5.78 Å². The van der Waals surface area contributed by atoms with E-state index in [-0.39, 0.29) is 35.6 Å². The van der Waals surface area contributed by atoms with E-state index in [0.717, 1.165) is 12.1 Å². The lowest BCUT2D eigenvalue weighted by molar-refractivity contribution is -0.143. The van der Waals surface area contributed by atoms with E-state index in [1.54, 1.807) is 49.4 Å².